The zero-order valence-corrected chi connectivity index (χ0v) is 21.1. The molecule has 0 spiro atoms. The lowest BCUT2D eigenvalue weighted by Crippen LogP contribution is -2.34. The Hall–Kier alpha value is -2.01. The number of rotatable bonds is 4. The summed E-state index contributed by atoms with van der Waals surface area (Å²) in [5, 5.41) is 27.9. The van der Waals surface area contributed by atoms with Gasteiger partial charge in [-0.1, -0.05) is 13.8 Å². The molecule has 2 aromatic rings. The molecule has 0 saturated heterocycles. The van der Waals surface area contributed by atoms with E-state index >= 15 is 0 Å². The summed E-state index contributed by atoms with van der Waals surface area (Å²) in [6.45, 7) is 9.39. The largest absolute Gasteiger partial charge is 0.369 e. The van der Waals surface area contributed by atoms with Gasteiger partial charge in [0.2, 0.25) is 0 Å². The van der Waals surface area contributed by atoms with Crippen molar-refractivity contribution in [2.45, 2.75) is 77.8 Å². The highest BCUT2D eigenvalue weighted by Crippen LogP contribution is 2.43. The molecule has 0 fully saturated rings. The molecule has 2 aromatic heterocycles. The Labute approximate surface area is 202 Å². The van der Waals surface area contributed by atoms with Crippen LogP contribution >= 0.6 is 34.9 Å². The van der Waals surface area contributed by atoms with Crippen molar-refractivity contribution in [1.29, 1.82) is 10.5 Å². The Morgan fingerprint density at radius 2 is 1.31 bits per heavy atom. The van der Waals surface area contributed by atoms with Crippen LogP contribution in [0.3, 0.4) is 0 Å². The topological polar surface area (TPSA) is 90.1 Å². The fourth-order valence-corrected chi connectivity index (χ4v) is 6.57. The molecule has 0 unspecified atom stereocenters. The van der Waals surface area contributed by atoms with Gasteiger partial charge in [-0.15, -0.1) is 22.7 Å². The summed E-state index contributed by atoms with van der Waals surface area (Å²) in [5.74, 6) is 0. The average Bonchev–Trinajstić information content (AvgIpc) is 3.28. The third-order valence-corrected chi connectivity index (χ3v) is 9.01. The van der Waals surface area contributed by atoms with Crippen LogP contribution in [-0.4, -0.2) is 16.3 Å². The van der Waals surface area contributed by atoms with E-state index in [-0.39, 0.29) is 11.2 Å². The zero-order valence-electron chi connectivity index (χ0n) is 18.7. The Kier molecular flexibility index (Phi) is 6.32. The van der Waals surface area contributed by atoms with E-state index in [9.17, 15) is 10.5 Å². The summed E-state index contributed by atoms with van der Waals surface area (Å²) in [6, 6.07) is 4.70. The molecule has 2 aliphatic heterocycles. The lowest BCUT2D eigenvalue weighted by molar-refractivity contribution is -0.0549. The van der Waals surface area contributed by atoms with Crippen LogP contribution in [0.2, 0.25) is 0 Å². The SMILES string of the molecule is CC[C@]1(C)Cc2c(sc(NC(=S)Nc3sc4c(c3C#N)C[C@@](C)(CC)OC4)c2C#N)CO1. The third-order valence-electron chi connectivity index (χ3n) is 6.56. The van der Waals surface area contributed by atoms with Gasteiger partial charge in [0.25, 0.3) is 0 Å². The second-order valence-corrected chi connectivity index (χ2v) is 11.4. The second-order valence-electron chi connectivity index (χ2n) is 8.76. The van der Waals surface area contributed by atoms with Crippen LogP contribution in [0.5, 0.6) is 0 Å². The van der Waals surface area contributed by atoms with Crippen molar-refractivity contribution in [2.75, 3.05) is 10.6 Å². The number of anilines is 2. The van der Waals surface area contributed by atoms with E-state index in [2.05, 4.69) is 50.5 Å². The van der Waals surface area contributed by atoms with Gasteiger partial charge in [-0.05, 0) is 50.0 Å². The van der Waals surface area contributed by atoms with Gasteiger partial charge in [-0.3, -0.25) is 0 Å². The van der Waals surface area contributed by atoms with E-state index in [0.717, 1.165) is 43.7 Å². The van der Waals surface area contributed by atoms with Gasteiger partial charge in [-0.25, -0.2) is 0 Å². The number of hydrogen-bond donors (Lipinski definition) is 2. The number of hydrogen-bond acceptors (Lipinski definition) is 7. The first-order valence-electron chi connectivity index (χ1n) is 10.7. The Bertz CT molecular complexity index is 1070. The molecule has 0 radical (unpaired) electrons. The van der Waals surface area contributed by atoms with E-state index in [1.807, 2.05) is 0 Å². The number of thiocarbonyl (C=S) groups is 1. The molecular formula is C23H26N4O2S3. The van der Waals surface area contributed by atoms with Crippen LogP contribution in [0.25, 0.3) is 0 Å². The second kappa shape index (κ2) is 8.74. The standard InChI is InChI=1S/C23H26N4O2S3/c1-5-22(3)7-13-15(9-24)19(31-17(13)11-28-22)26-21(30)27-20-16(10-25)14-8-23(4,6-2)29-12-18(14)32-20/h5-8,11-12H2,1-4H3,(H2,26,27,30)/t22-,23-/m1/s1. The summed E-state index contributed by atoms with van der Waals surface area (Å²) in [6.07, 6.45) is 3.20. The Balaban J connectivity index is 1.55. The van der Waals surface area contributed by atoms with Crippen molar-refractivity contribution in [1.82, 2.24) is 0 Å². The van der Waals surface area contributed by atoms with Crippen molar-refractivity contribution in [3.8, 4) is 12.1 Å². The number of nitrogens with zero attached hydrogens (tertiary/aromatic N) is 2. The fourth-order valence-electron chi connectivity index (χ4n) is 4.07. The molecule has 2 atom stereocenters. The first kappa shape index (κ1) is 23.2. The predicted molar refractivity (Wildman–Crippen MR) is 132 cm³/mol. The van der Waals surface area contributed by atoms with Crippen LogP contribution in [0.1, 0.15) is 72.5 Å². The maximum absolute atomic E-state index is 9.83. The molecule has 2 N–H and O–H groups in total. The quantitative estimate of drug-likeness (QED) is 0.524. The summed E-state index contributed by atoms with van der Waals surface area (Å²) in [5.41, 5.74) is 2.88. The molecule has 4 rings (SSSR count). The van der Waals surface area contributed by atoms with E-state index < -0.39 is 0 Å². The smallest absolute Gasteiger partial charge is 0.176 e. The monoisotopic (exact) mass is 486 g/mol. The molecule has 32 heavy (non-hydrogen) atoms. The van der Waals surface area contributed by atoms with Crippen molar-refractivity contribution in [3.05, 3.63) is 32.0 Å². The molecule has 0 amide bonds. The minimum atomic E-state index is -0.248. The van der Waals surface area contributed by atoms with Crippen molar-refractivity contribution >= 4 is 50.0 Å². The summed E-state index contributed by atoms with van der Waals surface area (Å²) in [7, 11) is 0. The first-order chi connectivity index (χ1) is 15.2. The molecular weight excluding hydrogens is 460 g/mol. The fraction of sp³-hybridized carbons (Fsp3) is 0.522. The highest BCUT2D eigenvalue weighted by atomic mass is 32.1. The minimum Gasteiger partial charge on any atom is -0.369 e. The Morgan fingerprint density at radius 1 is 0.906 bits per heavy atom. The number of ether oxygens (including phenoxy) is 2. The van der Waals surface area contributed by atoms with Crippen LogP contribution in [0, 0.1) is 22.7 Å². The molecule has 0 saturated carbocycles. The lowest BCUT2D eigenvalue weighted by Gasteiger charge is -2.32. The molecule has 0 aliphatic carbocycles. The number of nitriles is 2. The van der Waals surface area contributed by atoms with Crippen LogP contribution in [0.4, 0.5) is 10.0 Å². The van der Waals surface area contributed by atoms with E-state index in [4.69, 9.17) is 21.7 Å². The predicted octanol–water partition coefficient (Wildman–Crippen LogP) is 5.84. The number of fused-ring (bicyclic) bond motifs is 2. The molecule has 168 valence electrons. The van der Waals surface area contributed by atoms with Crippen LogP contribution in [0.15, 0.2) is 0 Å². The van der Waals surface area contributed by atoms with Crippen molar-refractivity contribution < 1.29 is 9.47 Å². The summed E-state index contributed by atoms with van der Waals surface area (Å²) in [4.78, 5) is 2.14. The van der Waals surface area contributed by atoms with E-state index in [1.165, 1.54) is 22.7 Å². The molecule has 4 heterocycles. The molecule has 9 heteroatoms. The van der Waals surface area contributed by atoms with Gasteiger partial charge in [0.15, 0.2) is 5.11 Å². The number of thiophene rings is 2. The summed E-state index contributed by atoms with van der Waals surface area (Å²) >= 11 is 8.58. The zero-order chi connectivity index (χ0) is 23.1. The highest BCUT2D eigenvalue weighted by Gasteiger charge is 2.35. The van der Waals surface area contributed by atoms with E-state index in [1.54, 1.807) is 0 Å². The van der Waals surface area contributed by atoms with E-state index in [0.29, 0.717) is 42.3 Å². The third kappa shape index (κ3) is 4.16. The van der Waals surface area contributed by atoms with Gasteiger partial charge in [0.05, 0.1) is 35.5 Å². The Morgan fingerprint density at radius 3 is 1.66 bits per heavy atom. The van der Waals surface area contributed by atoms with Gasteiger partial charge in [0, 0.05) is 22.6 Å². The van der Waals surface area contributed by atoms with Crippen LogP contribution < -0.4 is 10.6 Å². The lowest BCUT2D eigenvalue weighted by atomic mass is 9.90. The van der Waals surface area contributed by atoms with Gasteiger partial charge >= 0.3 is 0 Å². The molecule has 2 aliphatic rings. The van der Waals surface area contributed by atoms with Crippen molar-refractivity contribution in [2.24, 2.45) is 0 Å². The number of nitrogens with one attached hydrogen (secondary N) is 2. The summed E-state index contributed by atoms with van der Waals surface area (Å²) < 4.78 is 12.1. The van der Waals surface area contributed by atoms with Crippen molar-refractivity contribution in [3.63, 3.8) is 0 Å². The normalized spacial score (nSPS) is 24.1. The highest BCUT2D eigenvalue weighted by molar-refractivity contribution is 7.80. The van der Waals surface area contributed by atoms with Crippen LogP contribution in [-0.2, 0) is 35.5 Å². The molecule has 0 bridgehead atoms. The first-order valence-corrected chi connectivity index (χ1v) is 12.7. The molecule has 0 aromatic carbocycles. The van der Waals surface area contributed by atoms with Gasteiger partial charge in [-0.2, -0.15) is 10.5 Å². The minimum absolute atomic E-state index is 0.248. The van der Waals surface area contributed by atoms with Gasteiger partial charge in [0.1, 0.15) is 22.1 Å². The maximum Gasteiger partial charge on any atom is 0.176 e. The molecule has 6 nitrogen and oxygen atoms in total. The average molecular weight is 487 g/mol. The van der Waals surface area contributed by atoms with Gasteiger partial charge < -0.3 is 20.1 Å². The maximum atomic E-state index is 9.83.